The van der Waals surface area contributed by atoms with E-state index >= 15 is 0 Å². The molecule has 0 saturated carbocycles. The molecule has 0 spiro atoms. The molecule has 1 fully saturated rings. The second-order valence-electron chi connectivity index (χ2n) is 7.68. The fourth-order valence-electron chi connectivity index (χ4n) is 3.80. The molecule has 7 heteroatoms. The molecule has 6 nitrogen and oxygen atoms in total. The summed E-state index contributed by atoms with van der Waals surface area (Å²) in [5.74, 6) is 0.755. The first-order valence-corrected chi connectivity index (χ1v) is 10.4. The second-order valence-corrected chi connectivity index (χ2v) is 8.11. The number of pyridine rings is 1. The van der Waals surface area contributed by atoms with Crippen molar-refractivity contribution in [2.45, 2.75) is 18.8 Å². The summed E-state index contributed by atoms with van der Waals surface area (Å²) in [5, 5.41) is 0.691. The van der Waals surface area contributed by atoms with Crippen molar-refractivity contribution in [3.05, 3.63) is 71.3 Å². The van der Waals surface area contributed by atoms with Crippen LogP contribution in [0, 0.1) is 0 Å². The minimum absolute atomic E-state index is 0.0322. The third kappa shape index (κ3) is 4.28. The predicted octanol–water partition coefficient (Wildman–Crippen LogP) is 4.28. The number of hydrogen-bond donors (Lipinski definition) is 0. The first-order valence-electron chi connectivity index (χ1n) is 10.0. The molecule has 1 aliphatic rings. The standard InChI is InChI=1S/C23H24ClN5O/c1-28(2)23-26-14-19(16-8-10-18(24)11-9-16)21(27-23)17-6-5-13-29(15-17)22(30)20-7-3-4-12-25-20/h3-4,7-12,14,17H,5-6,13,15H2,1-2H3/t17-/m1/s1. The van der Waals surface area contributed by atoms with Gasteiger partial charge >= 0.3 is 0 Å². The summed E-state index contributed by atoms with van der Waals surface area (Å²) in [5.41, 5.74) is 3.45. The normalized spacial score (nSPS) is 16.4. The van der Waals surface area contributed by atoms with E-state index in [1.807, 2.05) is 66.5 Å². The molecule has 1 amide bonds. The largest absolute Gasteiger partial charge is 0.347 e. The van der Waals surface area contributed by atoms with E-state index in [9.17, 15) is 4.79 Å². The highest BCUT2D eigenvalue weighted by Crippen LogP contribution is 2.34. The summed E-state index contributed by atoms with van der Waals surface area (Å²) in [6.45, 7) is 1.34. The van der Waals surface area contributed by atoms with Gasteiger partial charge in [-0.05, 0) is 42.7 Å². The number of hydrogen-bond acceptors (Lipinski definition) is 5. The van der Waals surface area contributed by atoms with E-state index in [0.717, 1.165) is 36.2 Å². The molecule has 3 aromatic rings. The number of carbonyl (C=O) groups excluding carboxylic acids is 1. The van der Waals surface area contributed by atoms with Crippen molar-refractivity contribution < 1.29 is 4.79 Å². The zero-order valence-electron chi connectivity index (χ0n) is 17.1. The fourth-order valence-corrected chi connectivity index (χ4v) is 3.93. The van der Waals surface area contributed by atoms with Gasteiger partial charge in [-0.3, -0.25) is 9.78 Å². The lowest BCUT2D eigenvalue weighted by molar-refractivity contribution is 0.0700. The average molecular weight is 422 g/mol. The highest BCUT2D eigenvalue weighted by atomic mass is 35.5. The topological polar surface area (TPSA) is 62.2 Å². The lowest BCUT2D eigenvalue weighted by Gasteiger charge is -2.33. The van der Waals surface area contributed by atoms with Crippen molar-refractivity contribution >= 4 is 23.5 Å². The van der Waals surface area contributed by atoms with E-state index in [2.05, 4.69) is 9.97 Å². The van der Waals surface area contributed by atoms with Crippen molar-refractivity contribution in [3.63, 3.8) is 0 Å². The molecule has 0 unspecified atom stereocenters. The number of amides is 1. The number of benzene rings is 1. The maximum Gasteiger partial charge on any atom is 0.272 e. The van der Waals surface area contributed by atoms with Crippen molar-refractivity contribution in [1.82, 2.24) is 19.9 Å². The summed E-state index contributed by atoms with van der Waals surface area (Å²) in [6, 6.07) is 13.1. The third-order valence-electron chi connectivity index (χ3n) is 5.34. The molecule has 4 rings (SSSR count). The van der Waals surface area contributed by atoms with E-state index < -0.39 is 0 Å². The molecule has 1 aromatic carbocycles. The Morgan fingerprint density at radius 3 is 2.63 bits per heavy atom. The van der Waals surface area contributed by atoms with Crippen LogP contribution < -0.4 is 4.90 Å². The smallest absolute Gasteiger partial charge is 0.272 e. The predicted molar refractivity (Wildman–Crippen MR) is 119 cm³/mol. The van der Waals surface area contributed by atoms with Gasteiger partial charge < -0.3 is 9.80 Å². The molecule has 1 aliphatic heterocycles. The summed E-state index contributed by atoms with van der Waals surface area (Å²) in [4.78, 5) is 30.4. The number of piperidine rings is 1. The van der Waals surface area contributed by atoms with Crippen LogP contribution in [0.5, 0.6) is 0 Å². The number of rotatable bonds is 4. The zero-order valence-corrected chi connectivity index (χ0v) is 17.9. The number of halogens is 1. The fraction of sp³-hybridized carbons (Fsp3) is 0.304. The maximum atomic E-state index is 13.0. The van der Waals surface area contributed by atoms with Crippen LogP contribution in [-0.2, 0) is 0 Å². The molecule has 1 atom stereocenters. The Bertz CT molecular complexity index is 1020. The van der Waals surface area contributed by atoms with Gasteiger partial charge in [-0.1, -0.05) is 29.8 Å². The highest BCUT2D eigenvalue weighted by molar-refractivity contribution is 6.30. The van der Waals surface area contributed by atoms with Gasteiger partial charge in [-0.15, -0.1) is 0 Å². The van der Waals surface area contributed by atoms with Gasteiger partial charge in [0.15, 0.2) is 0 Å². The van der Waals surface area contributed by atoms with Crippen molar-refractivity contribution in [2.75, 3.05) is 32.1 Å². The molecule has 1 saturated heterocycles. The van der Waals surface area contributed by atoms with E-state index in [0.29, 0.717) is 23.2 Å². The van der Waals surface area contributed by atoms with Crippen LogP contribution in [0.3, 0.4) is 0 Å². The molecule has 30 heavy (non-hydrogen) atoms. The SMILES string of the molecule is CN(C)c1ncc(-c2ccc(Cl)cc2)c([C@@H]2CCCN(C(=O)c3ccccn3)C2)n1. The summed E-state index contributed by atoms with van der Waals surface area (Å²) in [7, 11) is 3.86. The van der Waals surface area contributed by atoms with Gasteiger partial charge in [-0.2, -0.15) is 0 Å². The summed E-state index contributed by atoms with van der Waals surface area (Å²) in [6.07, 6.45) is 5.42. The highest BCUT2D eigenvalue weighted by Gasteiger charge is 2.29. The van der Waals surface area contributed by atoms with E-state index in [1.165, 1.54) is 0 Å². The van der Waals surface area contributed by atoms with Gasteiger partial charge in [0, 0.05) is 56.1 Å². The third-order valence-corrected chi connectivity index (χ3v) is 5.59. The maximum absolute atomic E-state index is 13.0. The first kappa shape index (κ1) is 20.3. The van der Waals surface area contributed by atoms with Gasteiger partial charge in [-0.25, -0.2) is 9.97 Å². The Morgan fingerprint density at radius 1 is 1.13 bits per heavy atom. The van der Waals surface area contributed by atoms with E-state index in [-0.39, 0.29) is 11.8 Å². The second kappa shape index (κ2) is 8.79. The molecular formula is C23H24ClN5O. The molecule has 0 bridgehead atoms. The average Bonchev–Trinajstić information content (AvgIpc) is 2.79. The molecule has 0 aliphatic carbocycles. The Balaban J connectivity index is 1.68. The van der Waals surface area contributed by atoms with Crippen molar-refractivity contribution in [2.24, 2.45) is 0 Å². The monoisotopic (exact) mass is 421 g/mol. The summed E-state index contributed by atoms with van der Waals surface area (Å²) < 4.78 is 0. The van der Waals surface area contributed by atoms with Gasteiger partial charge in [0.25, 0.3) is 5.91 Å². The molecule has 0 radical (unpaired) electrons. The number of carbonyl (C=O) groups is 1. The molecule has 154 valence electrons. The van der Waals surface area contributed by atoms with Gasteiger partial charge in [0.1, 0.15) is 5.69 Å². The number of nitrogens with zero attached hydrogens (tertiary/aromatic N) is 5. The Morgan fingerprint density at radius 2 is 1.93 bits per heavy atom. The van der Waals surface area contributed by atoms with Crippen LogP contribution in [0.1, 0.15) is 34.9 Å². The van der Waals surface area contributed by atoms with Crippen LogP contribution in [0.25, 0.3) is 11.1 Å². The van der Waals surface area contributed by atoms with Crippen LogP contribution >= 0.6 is 11.6 Å². The van der Waals surface area contributed by atoms with Gasteiger partial charge in [0.05, 0.1) is 5.69 Å². The van der Waals surface area contributed by atoms with Gasteiger partial charge in [0.2, 0.25) is 5.95 Å². The summed E-state index contributed by atoms with van der Waals surface area (Å²) >= 11 is 6.08. The number of likely N-dealkylation sites (tertiary alicyclic amines) is 1. The first-order chi connectivity index (χ1) is 14.5. The van der Waals surface area contributed by atoms with E-state index in [1.54, 1.807) is 12.3 Å². The van der Waals surface area contributed by atoms with E-state index in [4.69, 9.17) is 16.6 Å². The van der Waals surface area contributed by atoms with Crippen molar-refractivity contribution in [1.29, 1.82) is 0 Å². The Labute approximate surface area is 181 Å². The van der Waals surface area contributed by atoms with Crippen molar-refractivity contribution in [3.8, 4) is 11.1 Å². The lowest BCUT2D eigenvalue weighted by atomic mass is 9.89. The number of aromatic nitrogens is 3. The minimum atomic E-state index is -0.0322. The molecular weight excluding hydrogens is 398 g/mol. The van der Waals surface area contributed by atoms with Crippen LogP contribution in [0.2, 0.25) is 5.02 Å². The molecule has 0 N–H and O–H groups in total. The van der Waals surface area contributed by atoms with Crippen LogP contribution in [0.15, 0.2) is 54.9 Å². The quantitative estimate of drug-likeness (QED) is 0.629. The Kier molecular flexibility index (Phi) is 5.95. The molecule has 2 aromatic heterocycles. The van der Waals surface area contributed by atoms with Crippen LogP contribution in [-0.4, -0.2) is 52.9 Å². The number of anilines is 1. The zero-order chi connectivity index (χ0) is 21.1. The Hall–Kier alpha value is -2.99. The van der Waals surface area contributed by atoms with Crippen LogP contribution in [0.4, 0.5) is 5.95 Å². The lowest BCUT2D eigenvalue weighted by Crippen LogP contribution is -2.39. The molecule has 3 heterocycles. The minimum Gasteiger partial charge on any atom is -0.347 e.